The van der Waals surface area contributed by atoms with E-state index >= 15 is 0 Å². The van der Waals surface area contributed by atoms with Crippen LogP contribution in [0.5, 0.6) is 0 Å². The lowest BCUT2D eigenvalue weighted by Crippen LogP contribution is -2.11. The first-order chi connectivity index (χ1) is 11.7. The molecule has 1 rings (SSSR count). The maximum atomic E-state index is 11.3. The minimum atomic E-state index is -0.389. The van der Waals surface area contributed by atoms with Gasteiger partial charge in [0.25, 0.3) is 0 Å². The average Bonchev–Trinajstić information content (AvgIpc) is 2.58. The topological polar surface area (TPSA) is 34.1 Å². The Morgan fingerprint density at radius 3 is 1.50 bits per heavy atom. The number of allylic oxidation sites excluding steroid dienone is 4. The van der Waals surface area contributed by atoms with E-state index in [0.29, 0.717) is 0 Å². The lowest BCUT2D eigenvalue weighted by Gasteiger charge is -2.06. The Bertz CT molecular complexity index is 418. The van der Waals surface area contributed by atoms with Crippen LogP contribution in [-0.4, -0.2) is 11.6 Å². The van der Waals surface area contributed by atoms with Gasteiger partial charge < -0.3 is 0 Å². The van der Waals surface area contributed by atoms with Crippen molar-refractivity contribution in [3.8, 4) is 0 Å². The van der Waals surface area contributed by atoms with Crippen molar-refractivity contribution in [2.24, 2.45) is 0 Å². The third-order valence-electron chi connectivity index (χ3n) is 4.83. The molecule has 0 unspecified atom stereocenters. The zero-order chi connectivity index (χ0) is 17.5. The highest BCUT2D eigenvalue weighted by atomic mass is 16.2. The van der Waals surface area contributed by atoms with Crippen molar-refractivity contribution in [2.45, 2.75) is 103 Å². The predicted octanol–water partition coefficient (Wildman–Crippen LogP) is 6.49. The molecule has 1 aliphatic carbocycles. The van der Waals surface area contributed by atoms with Crippen molar-refractivity contribution >= 4 is 11.6 Å². The van der Waals surface area contributed by atoms with Crippen LogP contribution in [-0.2, 0) is 9.59 Å². The summed E-state index contributed by atoms with van der Waals surface area (Å²) in [6.07, 6.45) is 24.6. The molecule has 0 spiro atoms. The summed E-state index contributed by atoms with van der Waals surface area (Å²) in [5.74, 6) is -0.752. The molecule has 0 bridgehead atoms. The van der Waals surface area contributed by atoms with E-state index in [2.05, 4.69) is 6.92 Å². The molecule has 2 heteroatoms. The van der Waals surface area contributed by atoms with Crippen LogP contribution in [0.3, 0.4) is 0 Å². The van der Waals surface area contributed by atoms with Crippen LogP contribution in [0.4, 0.5) is 0 Å². The molecule has 24 heavy (non-hydrogen) atoms. The monoisotopic (exact) mass is 332 g/mol. The smallest absolute Gasteiger partial charge is 0.225 e. The fraction of sp³-hybridized carbons (Fsp3) is 0.727. The van der Waals surface area contributed by atoms with E-state index in [-0.39, 0.29) is 11.6 Å². The summed E-state index contributed by atoms with van der Waals surface area (Å²) in [5.41, 5.74) is 1.01. The lowest BCUT2D eigenvalue weighted by molar-refractivity contribution is -0.131. The molecule has 0 aliphatic heterocycles. The number of hydrogen-bond donors (Lipinski definition) is 0. The minimum absolute atomic E-state index is 0.363. The largest absolute Gasteiger partial charge is 0.286 e. The molecular weight excluding hydrogens is 296 g/mol. The molecule has 0 aromatic rings. The molecule has 0 heterocycles. The van der Waals surface area contributed by atoms with Gasteiger partial charge in [-0.15, -0.1) is 0 Å². The number of unbranched alkanes of at least 4 members (excludes halogenated alkanes) is 13. The van der Waals surface area contributed by atoms with Gasteiger partial charge in [-0.3, -0.25) is 9.59 Å². The van der Waals surface area contributed by atoms with E-state index in [9.17, 15) is 9.59 Å². The Kier molecular flexibility index (Phi) is 12.3. The van der Waals surface area contributed by atoms with Gasteiger partial charge in [0.05, 0.1) is 0 Å². The first-order valence-corrected chi connectivity index (χ1v) is 10.2. The molecular formula is C22H36O2. The Hall–Kier alpha value is -1.18. The maximum absolute atomic E-state index is 11.3. The molecule has 0 aromatic heterocycles. The number of ketones is 2. The maximum Gasteiger partial charge on any atom is 0.225 e. The van der Waals surface area contributed by atoms with E-state index in [1.54, 1.807) is 6.08 Å². The molecule has 0 amide bonds. The SMILES string of the molecule is CCCCCCCCCCCCCCCCC1=CC(=O)C(=O)C=C1. The molecule has 136 valence electrons. The van der Waals surface area contributed by atoms with Crippen molar-refractivity contribution in [2.75, 3.05) is 0 Å². The highest BCUT2D eigenvalue weighted by Gasteiger charge is 2.12. The minimum Gasteiger partial charge on any atom is -0.286 e. The molecule has 0 radical (unpaired) electrons. The van der Waals surface area contributed by atoms with E-state index in [1.807, 2.05) is 0 Å². The Balaban J connectivity index is 1.81. The predicted molar refractivity (Wildman–Crippen MR) is 102 cm³/mol. The Labute approximate surface area is 148 Å². The Morgan fingerprint density at radius 1 is 0.583 bits per heavy atom. The summed E-state index contributed by atoms with van der Waals surface area (Å²) in [7, 11) is 0. The molecule has 0 N–H and O–H groups in total. The quantitative estimate of drug-likeness (QED) is 0.195. The number of hydrogen-bond acceptors (Lipinski definition) is 2. The normalized spacial score (nSPS) is 14.3. The van der Waals surface area contributed by atoms with Gasteiger partial charge in [0, 0.05) is 0 Å². The second-order valence-electron chi connectivity index (χ2n) is 7.13. The number of carbonyl (C=O) groups is 2. The fourth-order valence-electron chi connectivity index (χ4n) is 3.23. The summed E-state index contributed by atoms with van der Waals surface area (Å²) in [4.78, 5) is 22.3. The molecule has 1 aliphatic rings. The zero-order valence-corrected chi connectivity index (χ0v) is 15.7. The highest BCUT2D eigenvalue weighted by molar-refractivity contribution is 6.46. The first-order valence-electron chi connectivity index (χ1n) is 10.2. The average molecular weight is 333 g/mol. The third-order valence-corrected chi connectivity index (χ3v) is 4.83. The molecule has 0 atom stereocenters. The van der Waals surface area contributed by atoms with Gasteiger partial charge in [-0.2, -0.15) is 0 Å². The van der Waals surface area contributed by atoms with Gasteiger partial charge in [-0.25, -0.2) is 0 Å². The van der Waals surface area contributed by atoms with Crippen molar-refractivity contribution < 1.29 is 9.59 Å². The molecule has 0 aromatic carbocycles. The standard InChI is InChI=1S/C22H36O2/c1-2-3-4-5-6-7-8-9-10-11-12-13-14-15-16-20-17-18-21(23)22(24)19-20/h17-19H,2-16H2,1H3. The second kappa shape index (κ2) is 14.2. The highest BCUT2D eigenvalue weighted by Crippen LogP contribution is 2.16. The third kappa shape index (κ3) is 10.6. The van der Waals surface area contributed by atoms with Crippen LogP contribution in [0.1, 0.15) is 103 Å². The molecule has 2 nitrogen and oxygen atoms in total. The molecule has 0 saturated heterocycles. The number of rotatable bonds is 15. The van der Waals surface area contributed by atoms with Crippen molar-refractivity contribution in [1.82, 2.24) is 0 Å². The van der Waals surface area contributed by atoms with Gasteiger partial charge in [0.1, 0.15) is 0 Å². The van der Waals surface area contributed by atoms with Gasteiger partial charge in [0.15, 0.2) is 0 Å². The van der Waals surface area contributed by atoms with E-state index in [0.717, 1.165) is 18.4 Å². The fourth-order valence-corrected chi connectivity index (χ4v) is 3.23. The van der Waals surface area contributed by atoms with Crippen LogP contribution < -0.4 is 0 Å². The Morgan fingerprint density at radius 2 is 1.04 bits per heavy atom. The summed E-state index contributed by atoms with van der Waals surface area (Å²) >= 11 is 0. The number of carbonyl (C=O) groups excluding carboxylic acids is 2. The van der Waals surface area contributed by atoms with Gasteiger partial charge in [-0.05, 0) is 30.6 Å². The van der Waals surface area contributed by atoms with Crippen LogP contribution in [0.15, 0.2) is 23.8 Å². The van der Waals surface area contributed by atoms with Crippen LogP contribution in [0, 0.1) is 0 Å². The summed E-state index contributed by atoms with van der Waals surface area (Å²) in [6.45, 7) is 2.27. The summed E-state index contributed by atoms with van der Waals surface area (Å²) in [6, 6.07) is 0. The van der Waals surface area contributed by atoms with Crippen molar-refractivity contribution in [3.63, 3.8) is 0 Å². The summed E-state index contributed by atoms with van der Waals surface area (Å²) < 4.78 is 0. The zero-order valence-electron chi connectivity index (χ0n) is 15.7. The van der Waals surface area contributed by atoms with E-state index in [4.69, 9.17) is 0 Å². The van der Waals surface area contributed by atoms with Gasteiger partial charge in [-0.1, -0.05) is 96.5 Å². The second-order valence-corrected chi connectivity index (χ2v) is 7.13. The van der Waals surface area contributed by atoms with Gasteiger partial charge in [0.2, 0.25) is 11.6 Å². The van der Waals surface area contributed by atoms with E-state index < -0.39 is 0 Å². The molecule has 0 fully saturated rings. The van der Waals surface area contributed by atoms with Crippen LogP contribution >= 0.6 is 0 Å². The van der Waals surface area contributed by atoms with Crippen molar-refractivity contribution in [1.29, 1.82) is 0 Å². The van der Waals surface area contributed by atoms with Crippen LogP contribution in [0.2, 0.25) is 0 Å². The summed E-state index contributed by atoms with van der Waals surface area (Å²) in [5, 5.41) is 0. The molecule has 0 saturated carbocycles. The lowest BCUT2D eigenvalue weighted by atomic mass is 9.99. The van der Waals surface area contributed by atoms with Crippen molar-refractivity contribution in [3.05, 3.63) is 23.8 Å². The van der Waals surface area contributed by atoms with E-state index in [1.165, 1.54) is 95.6 Å². The first kappa shape index (κ1) is 20.9. The van der Waals surface area contributed by atoms with Gasteiger partial charge >= 0.3 is 0 Å². The van der Waals surface area contributed by atoms with Crippen LogP contribution in [0.25, 0.3) is 0 Å².